The molecule has 0 unspecified atom stereocenters. The van der Waals surface area contributed by atoms with Crippen LogP contribution in [0.4, 0.5) is 5.69 Å². The zero-order chi connectivity index (χ0) is 26.7. The number of nitrogens with one attached hydrogen (secondary N) is 1. The van der Waals surface area contributed by atoms with Gasteiger partial charge in [-0.3, -0.25) is 14.9 Å². The van der Waals surface area contributed by atoms with Crippen molar-refractivity contribution < 1.29 is 33.8 Å². The average Bonchev–Trinajstić information content (AvgIpc) is 3.41. The number of nitro benzene ring substituents is 1. The van der Waals surface area contributed by atoms with Crippen LogP contribution in [0.1, 0.15) is 49.0 Å². The summed E-state index contributed by atoms with van der Waals surface area (Å²) in [6, 6.07) is 6.53. The van der Waals surface area contributed by atoms with Crippen molar-refractivity contribution in [2.24, 2.45) is 0 Å². The summed E-state index contributed by atoms with van der Waals surface area (Å²) in [6.45, 7) is 4.22. The molecule has 0 radical (unpaired) electrons. The number of dihydropyridines is 1. The summed E-state index contributed by atoms with van der Waals surface area (Å²) in [6.07, 6.45) is 0.778. The molecule has 37 heavy (non-hydrogen) atoms. The van der Waals surface area contributed by atoms with Crippen LogP contribution in [0, 0.1) is 10.1 Å². The third kappa shape index (κ3) is 5.23. The minimum atomic E-state index is -0.944. The van der Waals surface area contributed by atoms with E-state index in [0.717, 1.165) is 4.88 Å². The van der Waals surface area contributed by atoms with E-state index < -0.39 is 28.2 Å². The van der Waals surface area contributed by atoms with Gasteiger partial charge in [-0.05, 0) is 43.3 Å². The first-order chi connectivity index (χ1) is 17.8. The second kappa shape index (κ2) is 11.1. The molecule has 11 heteroatoms. The second-order valence-electron chi connectivity index (χ2n) is 8.71. The maximum absolute atomic E-state index is 13.6. The van der Waals surface area contributed by atoms with Gasteiger partial charge in [0, 0.05) is 52.8 Å². The molecule has 1 aliphatic carbocycles. The Hall–Kier alpha value is -3.70. The van der Waals surface area contributed by atoms with Crippen LogP contribution in [0.3, 0.4) is 0 Å². The molecule has 0 saturated carbocycles. The van der Waals surface area contributed by atoms with E-state index in [1.807, 2.05) is 24.4 Å². The van der Waals surface area contributed by atoms with Gasteiger partial charge in [0.1, 0.15) is 6.61 Å². The third-order valence-corrected chi connectivity index (χ3v) is 7.52. The smallest absolute Gasteiger partial charge is 0.336 e. The van der Waals surface area contributed by atoms with E-state index in [4.69, 9.17) is 14.2 Å². The molecule has 0 spiro atoms. The van der Waals surface area contributed by atoms with Gasteiger partial charge in [-0.2, -0.15) is 0 Å². The van der Waals surface area contributed by atoms with E-state index in [-0.39, 0.29) is 48.2 Å². The fraction of sp³-hybridized carbons (Fsp3) is 0.385. The monoisotopic (exact) mass is 528 g/mol. The predicted octanol–water partition coefficient (Wildman–Crippen LogP) is 4.31. The van der Waals surface area contributed by atoms with Crippen LogP contribution in [0.5, 0.6) is 11.5 Å². The van der Waals surface area contributed by atoms with Gasteiger partial charge in [-0.25, -0.2) is 4.79 Å². The number of ketones is 1. The number of phenolic OH excluding ortho intramolecular Hbond substituents is 1. The van der Waals surface area contributed by atoms with Crippen LogP contribution in [-0.2, 0) is 19.1 Å². The minimum absolute atomic E-state index is 0.00945. The molecule has 2 N–H and O–H groups in total. The van der Waals surface area contributed by atoms with Crippen molar-refractivity contribution in [2.45, 2.75) is 38.5 Å². The highest BCUT2D eigenvalue weighted by atomic mass is 32.1. The lowest BCUT2D eigenvalue weighted by atomic mass is 9.72. The Kier molecular flexibility index (Phi) is 7.94. The molecule has 0 amide bonds. The first-order valence-electron chi connectivity index (χ1n) is 11.8. The molecule has 2 aliphatic rings. The predicted molar refractivity (Wildman–Crippen MR) is 136 cm³/mol. The van der Waals surface area contributed by atoms with Gasteiger partial charge in [-0.15, -0.1) is 11.3 Å². The maximum Gasteiger partial charge on any atom is 0.336 e. The van der Waals surface area contributed by atoms with Crippen molar-refractivity contribution in [3.8, 4) is 11.5 Å². The number of allylic oxidation sites excluding steroid dienone is 3. The van der Waals surface area contributed by atoms with Crippen LogP contribution in [0.2, 0.25) is 0 Å². The molecule has 10 nitrogen and oxygen atoms in total. The Morgan fingerprint density at radius 3 is 2.73 bits per heavy atom. The first kappa shape index (κ1) is 26.4. The van der Waals surface area contributed by atoms with Crippen molar-refractivity contribution in [3.63, 3.8) is 0 Å². The largest absolute Gasteiger partial charge is 0.500 e. The number of aromatic hydroxyl groups is 1. The number of nitro groups is 1. The molecule has 1 aliphatic heterocycles. The summed E-state index contributed by atoms with van der Waals surface area (Å²) < 4.78 is 15.9. The van der Waals surface area contributed by atoms with E-state index >= 15 is 0 Å². The third-order valence-electron chi connectivity index (χ3n) is 6.49. The summed E-state index contributed by atoms with van der Waals surface area (Å²) >= 11 is 1.58. The molecule has 1 aromatic heterocycles. The van der Waals surface area contributed by atoms with Gasteiger partial charge >= 0.3 is 11.7 Å². The molecular weight excluding hydrogens is 500 g/mol. The summed E-state index contributed by atoms with van der Waals surface area (Å²) in [5.74, 6) is -2.56. The molecule has 196 valence electrons. The van der Waals surface area contributed by atoms with Gasteiger partial charge in [0.2, 0.25) is 5.75 Å². The highest BCUT2D eigenvalue weighted by molar-refractivity contribution is 7.10. The van der Waals surface area contributed by atoms with E-state index in [1.165, 1.54) is 19.2 Å². The van der Waals surface area contributed by atoms with Gasteiger partial charge in [-0.1, -0.05) is 6.07 Å². The number of thiophene rings is 1. The number of hydrogen-bond acceptors (Lipinski definition) is 10. The number of benzene rings is 1. The normalized spacial score (nSPS) is 19.4. The average molecular weight is 529 g/mol. The zero-order valence-electron chi connectivity index (χ0n) is 20.7. The number of esters is 1. The molecule has 2 heterocycles. The van der Waals surface area contributed by atoms with Crippen molar-refractivity contribution in [1.29, 1.82) is 0 Å². The Labute approximate surface area is 217 Å². The summed E-state index contributed by atoms with van der Waals surface area (Å²) in [5.41, 5.74) is 1.36. The first-order valence-corrected chi connectivity index (χ1v) is 12.7. The summed E-state index contributed by atoms with van der Waals surface area (Å²) in [5, 5.41) is 27.2. The van der Waals surface area contributed by atoms with E-state index in [9.17, 15) is 24.8 Å². The highest BCUT2D eigenvalue weighted by Gasteiger charge is 2.42. The lowest BCUT2D eigenvalue weighted by molar-refractivity contribution is -0.386. The van der Waals surface area contributed by atoms with Crippen molar-refractivity contribution >= 4 is 28.8 Å². The SMILES string of the molecule is CCOCCOC(=O)C1=C(C)NC2=C(C(=O)C[C@H](c3cccs3)C2)[C@H]1c1cc(OC)c(O)c([N+](=O)[O-])c1. The molecule has 0 saturated heterocycles. The fourth-order valence-electron chi connectivity index (χ4n) is 4.86. The van der Waals surface area contributed by atoms with E-state index in [2.05, 4.69) is 5.32 Å². The number of Topliss-reactive ketones (excluding diaryl/α,β-unsaturated/α-hetero) is 1. The minimum Gasteiger partial charge on any atom is -0.500 e. The summed E-state index contributed by atoms with van der Waals surface area (Å²) in [4.78, 5) is 39.0. The van der Waals surface area contributed by atoms with Crippen molar-refractivity contribution in [1.82, 2.24) is 5.32 Å². The fourth-order valence-corrected chi connectivity index (χ4v) is 5.69. The molecule has 0 fully saturated rings. The van der Waals surface area contributed by atoms with Crippen LogP contribution in [0.15, 0.2) is 52.2 Å². The van der Waals surface area contributed by atoms with E-state index in [0.29, 0.717) is 30.0 Å². The topological polar surface area (TPSA) is 137 Å². The molecule has 1 aromatic carbocycles. The Morgan fingerprint density at radius 1 is 1.30 bits per heavy atom. The quantitative estimate of drug-likeness (QED) is 0.211. The number of rotatable bonds is 9. The highest BCUT2D eigenvalue weighted by Crippen LogP contribution is 2.49. The van der Waals surface area contributed by atoms with Crippen LogP contribution >= 0.6 is 11.3 Å². The molecule has 2 atom stereocenters. The number of carbonyl (C=O) groups is 2. The number of phenols is 1. The maximum atomic E-state index is 13.6. The van der Waals surface area contributed by atoms with Gasteiger partial charge in [0.15, 0.2) is 11.5 Å². The Balaban J connectivity index is 1.83. The van der Waals surface area contributed by atoms with Gasteiger partial charge < -0.3 is 24.6 Å². The molecule has 4 rings (SSSR count). The number of nitrogens with zero attached hydrogens (tertiary/aromatic N) is 1. The van der Waals surface area contributed by atoms with Gasteiger partial charge in [0.05, 0.1) is 24.2 Å². The molecule has 0 bridgehead atoms. The molecule has 2 aromatic rings. The zero-order valence-corrected chi connectivity index (χ0v) is 21.6. The van der Waals surface area contributed by atoms with E-state index in [1.54, 1.807) is 18.3 Å². The standard InChI is InChI=1S/C26H28N2O8S/c1-4-35-7-8-36-26(31)22-14(2)27-17-10-15(21-6-5-9-37-21)12-19(29)24(17)23(22)16-11-18(28(32)33)25(30)20(13-16)34-3/h5-6,9,11,13,15,23,27,30H,4,7-8,10,12H2,1-3H3/t15-,23+/m1/s1. The number of ether oxygens (including phenoxy) is 3. The van der Waals surface area contributed by atoms with Gasteiger partial charge in [0.25, 0.3) is 0 Å². The number of carbonyl (C=O) groups excluding carboxylic acids is 2. The van der Waals surface area contributed by atoms with Crippen molar-refractivity contribution in [2.75, 3.05) is 26.9 Å². The summed E-state index contributed by atoms with van der Waals surface area (Å²) in [7, 11) is 1.27. The Bertz CT molecular complexity index is 1280. The van der Waals surface area contributed by atoms with Crippen LogP contribution in [-0.4, -0.2) is 48.7 Å². The van der Waals surface area contributed by atoms with Crippen molar-refractivity contribution in [3.05, 3.63) is 72.7 Å². The lowest BCUT2D eigenvalue weighted by Crippen LogP contribution is -2.36. The lowest BCUT2D eigenvalue weighted by Gasteiger charge is -2.36. The Morgan fingerprint density at radius 2 is 2.08 bits per heavy atom. The van der Waals surface area contributed by atoms with Crippen LogP contribution in [0.25, 0.3) is 0 Å². The van der Waals surface area contributed by atoms with Crippen LogP contribution < -0.4 is 10.1 Å². The second-order valence-corrected chi connectivity index (χ2v) is 9.69. The molecular formula is C26H28N2O8S. The number of hydrogen-bond donors (Lipinski definition) is 2. The number of methoxy groups -OCH3 is 1.